The maximum Gasteiger partial charge on any atom is 0.421 e. The Hall–Kier alpha value is -3.29. The fourth-order valence-corrected chi connectivity index (χ4v) is 4.05. The van der Waals surface area contributed by atoms with Crippen molar-refractivity contribution in [2.24, 2.45) is 0 Å². The van der Waals surface area contributed by atoms with E-state index in [1.54, 1.807) is 24.3 Å². The number of benzene rings is 2. The van der Waals surface area contributed by atoms with E-state index < -0.39 is 11.7 Å². The van der Waals surface area contributed by atoms with Gasteiger partial charge in [-0.05, 0) is 74.1 Å². The predicted octanol–water partition coefficient (Wildman–Crippen LogP) is 7.65. The van der Waals surface area contributed by atoms with Crippen LogP contribution in [0.4, 0.5) is 36.3 Å². The van der Waals surface area contributed by atoms with Gasteiger partial charge in [-0.2, -0.15) is 18.2 Å². The second-order valence-electron chi connectivity index (χ2n) is 8.55. The van der Waals surface area contributed by atoms with Crippen LogP contribution in [0.25, 0.3) is 0 Å². The van der Waals surface area contributed by atoms with Gasteiger partial charge in [0.25, 0.3) is 0 Å². The highest BCUT2D eigenvalue weighted by Gasteiger charge is 2.35. The summed E-state index contributed by atoms with van der Waals surface area (Å²) in [7, 11) is 0. The molecule has 0 aliphatic heterocycles. The molecule has 0 amide bonds. The van der Waals surface area contributed by atoms with Crippen molar-refractivity contribution in [2.45, 2.75) is 64.1 Å². The normalized spacial score (nSPS) is 14.6. The minimum atomic E-state index is -4.59. The second-order valence-corrected chi connectivity index (χ2v) is 8.55. The third-order valence-corrected chi connectivity index (χ3v) is 5.81. The first kappa shape index (κ1) is 23.9. The van der Waals surface area contributed by atoms with Crippen molar-refractivity contribution in [3.8, 4) is 5.75 Å². The van der Waals surface area contributed by atoms with Crippen molar-refractivity contribution < 1.29 is 17.9 Å². The van der Waals surface area contributed by atoms with Crippen LogP contribution in [0.1, 0.15) is 56.6 Å². The Labute approximate surface area is 197 Å². The maximum absolute atomic E-state index is 13.6. The molecule has 1 aromatic heterocycles. The van der Waals surface area contributed by atoms with Crippen molar-refractivity contribution in [1.29, 1.82) is 0 Å². The number of hydrogen-bond acceptors (Lipinski definition) is 5. The van der Waals surface area contributed by atoms with E-state index in [-0.39, 0.29) is 17.9 Å². The first-order valence-corrected chi connectivity index (χ1v) is 11.7. The van der Waals surface area contributed by atoms with Gasteiger partial charge in [-0.25, -0.2) is 4.98 Å². The van der Waals surface area contributed by atoms with Crippen LogP contribution < -0.4 is 15.4 Å². The Morgan fingerprint density at radius 2 is 1.56 bits per heavy atom. The van der Waals surface area contributed by atoms with Crippen LogP contribution in [0, 0.1) is 0 Å². The van der Waals surface area contributed by atoms with Gasteiger partial charge < -0.3 is 15.4 Å². The molecule has 0 atom stereocenters. The SMILES string of the molecule is CCCc1ccc(Nc2ncc(C(F)(F)F)c(Nc3ccc(OC4CCCCC4)cc3)n2)cc1. The molecule has 0 radical (unpaired) electrons. The minimum Gasteiger partial charge on any atom is -0.490 e. The van der Waals surface area contributed by atoms with E-state index in [4.69, 9.17) is 4.74 Å². The molecule has 3 aromatic rings. The quantitative estimate of drug-likeness (QED) is 0.354. The van der Waals surface area contributed by atoms with E-state index >= 15 is 0 Å². The molecule has 4 rings (SSSR count). The molecule has 0 spiro atoms. The number of aryl methyl sites for hydroxylation is 1. The van der Waals surface area contributed by atoms with Crippen LogP contribution >= 0.6 is 0 Å². The molecule has 34 heavy (non-hydrogen) atoms. The molecule has 5 nitrogen and oxygen atoms in total. The molecular weight excluding hydrogens is 441 g/mol. The summed E-state index contributed by atoms with van der Waals surface area (Å²) in [5.74, 6) is 0.481. The summed E-state index contributed by atoms with van der Waals surface area (Å²) >= 11 is 0. The average Bonchev–Trinajstić information content (AvgIpc) is 2.82. The van der Waals surface area contributed by atoms with Gasteiger partial charge in [0.15, 0.2) is 0 Å². The van der Waals surface area contributed by atoms with Crippen molar-refractivity contribution in [3.63, 3.8) is 0 Å². The van der Waals surface area contributed by atoms with Gasteiger partial charge in [-0.3, -0.25) is 0 Å². The van der Waals surface area contributed by atoms with E-state index in [1.807, 2.05) is 24.3 Å². The van der Waals surface area contributed by atoms with E-state index in [1.165, 1.54) is 12.0 Å². The van der Waals surface area contributed by atoms with Crippen molar-refractivity contribution >= 4 is 23.1 Å². The van der Waals surface area contributed by atoms with Gasteiger partial charge >= 0.3 is 6.18 Å². The van der Waals surface area contributed by atoms with Crippen LogP contribution in [-0.4, -0.2) is 16.1 Å². The molecule has 0 unspecified atom stereocenters. The van der Waals surface area contributed by atoms with Gasteiger partial charge in [0.05, 0.1) is 6.10 Å². The second kappa shape index (κ2) is 10.8. The summed E-state index contributed by atoms with van der Waals surface area (Å²) in [6.45, 7) is 2.11. The topological polar surface area (TPSA) is 59.1 Å². The van der Waals surface area contributed by atoms with Crippen molar-refractivity contribution in [1.82, 2.24) is 9.97 Å². The molecule has 0 saturated heterocycles. The highest BCUT2D eigenvalue weighted by Crippen LogP contribution is 2.35. The Bertz CT molecular complexity index is 1060. The maximum atomic E-state index is 13.6. The number of aromatic nitrogens is 2. The first-order valence-electron chi connectivity index (χ1n) is 11.7. The molecular formula is C26H29F3N4O. The zero-order valence-electron chi connectivity index (χ0n) is 19.2. The third kappa shape index (κ3) is 6.40. The Morgan fingerprint density at radius 1 is 0.912 bits per heavy atom. The van der Waals surface area contributed by atoms with Crippen LogP contribution in [-0.2, 0) is 12.6 Å². The number of rotatable bonds is 8. The molecule has 1 aliphatic rings. The van der Waals surface area contributed by atoms with Crippen LogP contribution in [0.5, 0.6) is 5.75 Å². The summed E-state index contributed by atoms with van der Waals surface area (Å²) in [6.07, 6.45) is 4.05. The van der Waals surface area contributed by atoms with E-state index in [9.17, 15) is 13.2 Å². The summed E-state index contributed by atoms with van der Waals surface area (Å²) < 4.78 is 46.8. The smallest absolute Gasteiger partial charge is 0.421 e. The average molecular weight is 471 g/mol. The van der Waals surface area contributed by atoms with Gasteiger partial charge in [0.1, 0.15) is 17.1 Å². The number of halogens is 3. The molecule has 1 heterocycles. The lowest BCUT2D eigenvalue weighted by molar-refractivity contribution is -0.137. The zero-order chi connectivity index (χ0) is 24.0. The van der Waals surface area contributed by atoms with Crippen LogP contribution in [0.15, 0.2) is 54.7 Å². The summed E-state index contributed by atoms with van der Waals surface area (Å²) in [4.78, 5) is 8.00. The summed E-state index contributed by atoms with van der Waals surface area (Å²) in [6, 6.07) is 14.6. The largest absolute Gasteiger partial charge is 0.490 e. The number of alkyl halides is 3. The summed E-state index contributed by atoms with van der Waals surface area (Å²) in [5.41, 5.74) is 1.45. The standard InChI is InChI=1S/C26H29F3N4O/c1-2-6-18-9-11-20(12-10-18)32-25-30-17-23(26(27,28)29)24(33-25)31-19-13-15-22(16-14-19)34-21-7-4-3-5-8-21/h9-17,21H,2-8H2,1H3,(H2,30,31,32,33). The fraction of sp³-hybridized carbons (Fsp3) is 0.385. The molecule has 1 saturated carbocycles. The Kier molecular flexibility index (Phi) is 7.55. The van der Waals surface area contributed by atoms with Crippen LogP contribution in [0.2, 0.25) is 0 Å². The lowest BCUT2D eigenvalue weighted by atomic mass is 9.98. The summed E-state index contributed by atoms with van der Waals surface area (Å²) in [5, 5.41) is 5.78. The lowest BCUT2D eigenvalue weighted by Gasteiger charge is -2.23. The van der Waals surface area contributed by atoms with Gasteiger partial charge in [0.2, 0.25) is 5.95 Å². The van der Waals surface area contributed by atoms with E-state index in [0.717, 1.165) is 44.7 Å². The number of anilines is 4. The number of nitrogens with zero attached hydrogens (tertiary/aromatic N) is 2. The number of hydrogen-bond donors (Lipinski definition) is 2. The number of nitrogens with one attached hydrogen (secondary N) is 2. The van der Waals surface area contributed by atoms with Crippen molar-refractivity contribution in [3.05, 3.63) is 65.9 Å². The minimum absolute atomic E-state index is 0.0796. The van der Waals surface area contributed by atoms with Crippen LogP contribution in [0.3, 0.4) is 0 Å². The van der Waals surface area contributed by atoms with E-state index in [2.05, 4.69) is 27.5 Å². The highest BCUT2D eigenvalue weighted by atomic mass is 19.4. The number of ether oxygens (including phenoxy) is 1. The monoisotopic (exact) mass is 470 g/mol. The first-order chi connectivity index (χ1) is 16.4. The van der Waals surface area contributed by atoms with Gasteiger partial charge in [0, 0.05) is 17.6 Å². The molecule has 180 valence electrons. The highest BCUT2D eigenvalue weighted by molar-refractivity contribution is 5.63. The van der Waals surface area contributed by atoms with E-state index in [0.29, 0.717) is 17.1 Å². The zero-order valence-corrected chi connectivity index (χ0v) is 19.2. The molecule has 8 heteroatoms. The van der Waals surface area contributed by atoms with Gasteiger partial charge in [-0.1, -0.05) is 31.9 Å². The van der Waals surface area contributed by atoms with Crippen molar-refractivity contribution in [2.75, 3.05) is 10.6 Å². The fourth-order valence-electron chi connectivity index (χ4n) is 4.05. The van der Waals surface area contributed by atoms with Gasteiger partial charge in [-0.15, -0.1) is 0 Å². The predicted molar refractivity (Wildman–Crippen MR) is 128 cm³/mol. The molecule has 1 fully saturated rings. The lowest BCUT2D eigenvalue weighted by Crippen LogP contribution is -2.19. The molecule has 0 bridgehead atoms. The molecule has 1 aliphatic carbocycles. The Balaban J connectivity index is 1.49. The Morgan fingerprint density at radius 3 is 2.21 bits per heavy atom. The molecule has 2 N–H and O–H groups in total. The third-order valence-electron chi connectivity index (χ3n) is 5.81. The molecule has 2 aromatic carbocycles.